The molecule has 1 aliphatic heterocycles. The smallest absolute Gasteiger partial charge is 0.299 e. The van der Waals surface area contributed by atoms with Gasteiger partial charge in [0.2, 0.25) is 5.92 Å². The zero-order valence-corrected chi connectivity index (χ0v) is 16.2. The van der Waals surface area contributed by atoms with E-state index in [9.17, 15) is 26.7 Å². The van der Waals surface area contributed by atoms with Gasteiger partial charge in [0.1, 0.15) is 11.5 Å². The standard InChI is InChI=1S/C21H25F5N2O/c22-20(23)10-6-16(7-11-20)18(29)4-2-12-28-13-8-15(9-14-28)17-3-1-5-19(27-17)21(24,25)26/h1,3,5,8,16H,2,4,6-7,9-14H2. The topological polar surface area (TPSA) is 33.2 Å². The van der Waals surface area contributed by atoms with Crippen LogP contribution in [0.4, 0.5) is 22.0 Å². The third kappa shape index (κ3) is 6.07. The Labute approximate surface area is 167 Å². The second kappa shape index (κ2) is 8.90. The highest BCUT2D eigenvalue weighted by Gasteiger charge is 2.37. The van der Waals surface area contributed by atoms with Crippen LogP contribution in [0.15, 0.2) is 24.3 Å². The van der Waals surface area contributed by atoms with E-state index < -0.39 is 17.8 Å². The van der Waals surface area contributed by atoms with Crippen LogP contribution in [-0.2, 0) is 11.0 Å². The lowest BCUT2D eigenvalue weighted by molar-refractivity contribution is -0.141. The van der Waals surface area contributed by atoms with Gasteiger partial charge in [-0.3, -0.25) is 9.69 Å². The Bertz CT molecular complexity index is 750. The zero-order chi connectivity index (χ0) is 21.1. The van der Waals surface area contributed by atoms with Gasteiger partial charge in [-0.25, -0.2) is 13.8 Å². The van der Waals surface area contributed by atoms with Crippen LogP contribution in [0.5, 0.6) is 0 Å². The number of aromatic nitrogens is 1. The number of rotatable bonds is 6. The number of halogens is 5. The SMILES string of the molecule is O=C(CCCN1CC=C(c2cccc(C(F)(F)F)n2)CC1)C1CCC(F)(F)CC1. The largest absolute Gasteiger partial charge is 0.433 e. The van der Waals surface area contributed by atoms with Crippen molar-refractivity contribution in [2.24, 2.45) is 5.92 Å². The van der Waals surface area contributed by atoms with E-state index in [2.05, 4.69) is 9.88 Å². The first-order valence-electron chi connectivity index (χ1n) is 10.0. The Morgan fingerprint density at radius 3 is 2.55 bits per heavy atom. The summed E-state index contributed by atoms with van der Waals surface area (Å²) in [5.74, 6) is -2.79. The molecule has 0 unspecified atom stereocenters. The molecule has 8 heteroatoms. The summed E-state index contributed by atoms with van der Waals surface area (Å²) in [6.45, 7) is 1.99. The molecule has 1 aromatic heterocycles. The van der Waals surface area contributed by atoms with Crippen molar-refractivity contribution in [1.29, 1.82) is 0 Å². The lowest BCUT2D eigenvalue weighted by Crippen LogP contribution is -2.31. The summed E-state index contributed by atoms with van der Waals surface area (Å²) in [4.78, 5) is 18.1. The lowest BCUT2D eigenvalue weighted by atomic mass is 9.83. The number of carbonyl (C=O) groups is 1. The summed E-state index contributed by atoms with van der Waals surface area (Å²) in [6.07, 6.45) is -0.791. The van der Waals surface area contributed by atoms with E-state index in [1.54, 1.807) is 6.07 Å². The van der Waals surface area contributed by atoms with Crippen molar-refractivity contribution in [3.05, 3.63) is 35.7 Å². The van der Waals surface area contributed by atoms with Crippen LogP contribution in [0.2, 0.25) is 0 Å². The Kier molecular flexibility index (Phi) is 6.71. The fourth-order valence-corrected chi connectivity index (χ4v) is 3.96. The lowest BCUT2D eigenvalue weighted by Gasteiger charge is -2.28. The molecular formula is C21H25F5N2O. The number of carbonyl (C=O) groups excluding carboxylic acids is 1. The second-order valence-electron chi connectivity index (χ2n) is 7.89. The minimum atomic E-state index is -4.46. The van der Waals surface area contributed by atoms with Gasteiger partial charge >= 0.3 is 6.18 Å². The number of alkyl halides is 5. The molecule has 3 nitrogen and oxygen atoms in total. The van der Waals surface area contributed by atoms with Crippen molar-refractivity contribution in [2.75, 3.05) is 19.6 Å². The third-order valence-corrected chi connectivity index (χ3v) is 5.73. The third-order valence-electron chi connectivity index (χ3n) is 5.73. The van der Waals surface area contributed by atoms with E-state index in [0.717, 1.165) is 11.6 Å². The first-order chi connectivity index (χ1) is 13.6. The highest BCUT2D eigenvalue weighted by Crippen LogP contribution is 2.37. The van der Waals surface area contributed by atoms with Crippen molar-refractivity contribution >= 4 is 11.4 Å². The van der Waals surface area contributed by atoms with Gasteiger partial charge in [0.15, 0.2) is 0 Å². The maximum Gasteiger partial charge on any atom is 0.433 e. The van der Waals surface area contributed by atoms with Crippen LogP contribution in [0.3, 0.4) is 0 Å². The van der Waals surface area contributed by atoms with Gasteiger partial charge in [0, 0.05) is 38.3 Å². The summed E-state index contributed by atoms with van der Waals surface area (Å²) in [6, 6.07) is 3.91. The molecule has 2 heterocycles. The van der Waals surface area contributed by atoms with E-state index in [0.29, 0.717) is 44.6 Å². The number of nitrogens with zero attached hydrogens (tertiary/aromatic N) is 2. The first-order valence-corrected chi connectivity index (χ1v) is 10.0. The maximum absolute atomic E-state index is 13.2. The Balaban J connectivity index is 1.44. The average molecular weight is 416 g/mol. The molecule has 1 fully saturated rings. The summed E-state index contributed by atoms with van der Waals surface area (Å²) in [7, 11) is 0. The molecule has 0 radical (unpaired) electrons. The first kappa shape index (κ1) is 21.9. The molecule has 0 aromatic carbocycles. The van der Waals surface area contributed by atoms with Crippen LogP contribution in [0.1, 0.15) is 56.3 Å². The van der Waals surface area contributed by atoms with Crippen molar-refractivity contribution < 1.29 is 26.7 Å². The Morgan fingerprint density at radius 1 is 1.21 bits per heavy atom. The van der Waals surface area contributed by atoms with E-state index >= 15 is 0 Å². The molecule has 2 aliphatic rings. The number of hydrogen-bond donors (Lipinski definition) is 0. The highest BCUT2D eigenvalue weighted by atomic mass is 19.4. The maximum atomic E-state index is 13.2. The van der Waals surface area contributed by atoms with E-state index in [-0.39, 0.29) is 37.4 Å². The van der Waals surface area contributed by atoms with Gasteiger partial charge < -0.3 is 0 Å². The molecular weight excluding hydrogens is 391 g/mol. The minimum Gasteiger partial charge on any atom is -0.299 e. The van der Waals surface area contributed by atoms with Crippen LogP contribution < -0.4 is 0 Å². The molecule has 1 saturated carbocycles. The molecule has 1 aromatic rings. The van der Waals surface area contributed by atoms with Crippen LogP contribution in [0.25, 0.3) is 5.57 Å². The fourth-order valence-electron chi connectivity index (χ4n) is 3.96. The Hall–Kier alpha value is -1.83. The van der Waals surface area contributed by atoms with Gasteiger partial charge in [0.25, 0.3) is 0 Å². The van der Waals surface area contributed by atoms with E-state index in [1.165, 1.54) is 6.07 Å². The molecule has 0 bridgehead atoms. The average Bonchev–Trinajstić information content (AvgIpc) is 2.68. The van der Waals surface area contributed by atoms with E-state index in [4.69, 9.17) is 0 Å². The number of ketones is 1. The highest BCUT2D eigenvalue weighted by molar-refractivity contribution is 5.81. The molecule has 0 saturated heterocycles. The van der Waals surface area contributed by atoms with Gasteiger partial charge in [-0.2, -0.15) is 13.2 Å². The molecule has 160 valence electrons. The monoisotopic (exact) mass is 416 g/mol. The van der Waals surface area contributed by atoms with Crippen molar-refractivity contribution in [3.8, 4) is 0 Å². The van der Waals surface area contributed by atoms with Gasteiger partial charge in [-0.05, 0) is 49.9 Å². The number of pyridine rings is 1. The van der Waals surface area contributed by atoms with Crippen molar-refractivity contribution in [1.82, 2.24) is 9.88 Å². The van der Waals surface area contributed by atoms with Gasteiger partial charge in [-0.15, -0.1) is 0 Å². The predicted octanol–water partition coefficient (Wildman–Crippen LogP) is 5.36. The molecule has 29 heavy (non-hydrogen) atoms. The van der Waals surface area contributed by atoms with E-state index in [1.807, 2.05) is 6.08 Å². The normalized spacial score (nSPS) is 21.1. The van der Waals surface area contributed by atoms with Crippen LogP contribution in [0, 0.1) is 5.92 Å². The molecule has 0 spiro atoms. The molecule has 0 atom stereocenters. The molecule has 0 amide bonds. The number of Topliss-reactive ketones (excluding diaryl/α,β-unsaturated/α-hetero) is 1. The van der Waals surface area contributed by atoms with Crippen LogP contribution in [-0.4, -0.2) is 41.2 Å². The van der Waals surface area contributed by atoms with Crippen LogP contribution >= 0.6 is 0 Å². The quantitative estimate of drug-likeness (QED) is 0.585. The minimum absolute atomic E-state index is 0.0712. The predicted molar refractivity (Wildman–Crippen MR) is 99.4 cm³/mol. The van der Waals surface area contributed by atoms with Gasteiger partial charge in [0.05, 0.1) is 5.69 Å². The molecule has 1 aliphatic carbocycles. The fraction of sp³-hybridized carbons (Fsp3) is 0.619. The van der Waals surface area contributed by atoms with Crippen molar-refractivity contribution in [3.63, 3.8) is 0 Å². The zero-order valence-electron chi connectivity index (χ0n) is 16.2. The second-order valence-corrected chi connectivity index (χ2v) is 7.89. The summed E-state index contributed by atoms with van der Waals surface area (Å²) < 4.78 is 64.8. The Morgan fingerprint density at radius 2 is 1.93 bits per heavy atom. The van der Waals surface area contributed by atoms with Gasteiger partial charge in [-0.1, -0.05) is 12.1 Å². The van der Waals surface area contributed by atoms with Crippen molar-refractivity contribution in [2.45, 2.75) is 57.0 Å². The molecule has 0 N–H and O–H groups in total. The summed E-state index contributed by atoms with van der Waals surface area (Å²) in [5.41, 5.74) is 0.257. The number of hydrogen-bond acceptors (Lipinski definition) is 3. The summed E-state index contributed by atoms with van der Waals surface area (Å²) in [5, 5.41) is 0. The molecule has 3 rings (SSSR count). The summed E-state index contributed by atoms with van der Waals surface area (Å²) >= 11 is 0.